The molecule has 0 saturated heterocycles. The second-order valence-electron chi connectivity index (χ2n) is 9.08. The second kappa shape index (κ2) is 14.5. The summed E-state index contributed by atoms with van der Waals surface area (Å²) in [6, 6.07) is 24.7. The highest BCUT2D eigenvalue weighted by Crippen LogP contribution is 2.22. The summed E-state index contributed by atoms with van der Waals surface area (Å²) in [5, 5.41) is 3.63. The molecular weight excluding hydrogens is 556 g/mol. The van der Waals surface area contributed by atoms with Gasteiger partial charge in [0.2, 0.25) is 11.8 Å². The summed E-state index contributed by atoms with van der Waals surface area (Å²) in [7, 11) is 0. The van der Waals surface area contributed by atoms with E-state index >= 15 is 0 Å². The largest absolute Gasteiger partial charge is 0.354 e. The van der Waals surface area contributed by atoms with Crippen molar-refractivity contribution in [3.8, 4) is 0 Å². The predicted molar refractivity (Wildman–Crippen MR) is 154 cm³/mol. The predicted octanol–water partition coefficient (Wildman–Crippen LogP) is 6.75. The van der Waals surface area contributed by atoms with Crippen LogP contribution in [0.2, 0.25) is 5.02 Å². The molecule has 0 spiro atoms. The smallest absolute Gasteiger partial charge is 0.243 e. The van der Waals surface area contributed by atoms with Gasteiger partial charge in [0.25, 0.3) is 0 Å². The van der Waals surface area contributed by atoms with Gasteiger partial charge in [0.05, 0.1) is 5.75 Å². The van der Waals surface area contributed by atoms with E-state index in [1.807, 2.05) is 78.9 Å². The molecule has 2 amide bonds. The standard InChI is InChI=1S/C29H32BrClN2O2S/c1-21(2)17-32-29(35)27(16-22-8-4-3-5-9-22)33(18-24-10-6-7-11-26(24)31)28(34)20-36-19-23-12-14-25(30)15-13-23/h3-15,21,27H,16-20H2,1-2H3,(H,32,35). The third-order valence-corrected chi connectivity index (χ3v) is 7.55. The minimum Gasteiger partial charge on any atom is -0.354 e. The Morgan fingerprint density at radius 2 is 1.61 bits per heavy atom. The zero-order valence-corrected chi connectivity index (χ0v) is 23.8. The van der Waals surface area contributed by atoms with Crippen LogP contribution in [0.3, 0.4) is 0 Å². The lowest BCUT2D eigenvalue weighted by atomic mass is 10.0. The molecular formula is C29H32BrClN2O2S. The molecule has 3 aromatic rings. The number of carbonyl (C=O) groups is 2. The molecule has 1 N–H and O–H groups in total. The molecule has 0 aliphatic carbocycles. The highest BCUT2D eigenvalue weighted by molar-refractivity contribution is 9.10. The third-order valence-electron chi connectivity index (χ3n) is 5.66. The SMILES string of the molecule is CC(C)CNC(=O)C(Cc1ccccc1)N(Cc1ccccc1Cl)C(=O)CSCc1ccc(Br)cc1. The maximum absolute atomic E-state index is 13.7. The topological polar surface area (TPSA) is 49.4 Å². The Labute approximate surface area is 231 Å². The van der Waals surface area contributed by atoms with Gasteiger partial charge in [0.15, 0.2) is 0 Å². The Morgan fingerprint density at radius 1 is 0.944 bits per heavy atom. The second-order valence-corrected chi connectivity index (χ2v) is 11.4. The molecule has 3 aromatic carbocycles. The van der Waals surface area contributed by atoms with Gasteiger partial charge in [0, 0.05) is 34.8 Å². The van der Waals surface area contributed by atoms with Crippen LogP contribution in [-0.4, -0.2) is 35.1 Å². The van der Waals surface area contributed by atoms with Crippen LogP contribution in [0.5, 0.6) is 0 Å². The van der Waals surface area contributed by atoms with Crippen molar-refractivity contribution in [2.45, 2.75) is 38.6 Å². The Hall–Kier alpha value is -2.28. The number of nitrogens with zero attached hydrogens (tertiary/aromatic N) is 1. The van der Waals surface area contributed by atoms with Gasteiger partial charge in [-0.3, -0.25) is 9.59 Å². The Kier molecular flexibility index (Phi) is 11.4. The average Bonchev–Trinajstić information content (AvgIpc) is 2.87. The number of hydrogen-bond donors (Lipinski definition) is 1. The van der Waals surface area contributed by atoms with Crippen LogP contribution in [0.25, 0.3) is 0 Å². The van der Waals surface area contributed by atoms with E-state index in [2.05, 4.69) is 35.1 Å². The van der Waals surface area contributed by atoms with Crippen molar-refractivity contribution in [1.29, 1.82) is 0 Å². The summed E-state index contributed by atoms with van der Waals surface area (Å²) in [5.74, 6) is 1.05. The van der Waals surface area contributed by atoms with E-state index in [0.717, 1.165) is 21.2 Å². The van der Waals surface area contributed by atoms with E-state index in [1.54, 1.807) is 16.7 Å². The van der Waals surface area contributed by atoms with Crippen LogP contribution < -0.4 is 5.32 Å². The summed E-state index contributed by atoms with van der Waals surface area (Å²) in [4.78, 5) is 28.8. The van der Waals surface area contributed by atoms with Gasteiger partial charge in [0.1, 0.15) is 6.04 Å². The van der Waals surface area contributed by atoms with E-state index < -0.39 is 6.04 Å². The van der Waals surface area contributed by atoms with Crippen LogP contribution in [0.4, 0.5) is 0 Å². The summed E-state index contributed by atoms with van der Waals surface area (Å²) in [6.45, 7) is 4.93. The molecule has 0 fully saturated rings. The summed E-state index contributed by atoms with van der Waals surface area (Å²) in [6.07, 6.45) is 0.429. The lowest BCUT2D eigenvalue weighted by Crippen LogP contribution is -2.51. The van der Waals surface area contributed by atoms with E-state index in [0.29, 0.717) is 29.7 Å². The van der Waals surface area contributed by atoms with E-state index in [9.17, 15) is 9.59 Å². The number of amides is 2. The van der Waals surface area contributed by atoms with Crippen molar-refractivity contribution in [1.82, 2.24) is 10.2 Å². The van der Waals surface area contributed by atoms with Gasteiger partial charge in [-0.1, -0.05) is 102 Å². The molecule has 0 aliphatic rings. The summed E-state index contributed by atoms with van der Waals surface area (Å²) in [5.41, 5.74) is 2.96. The lowest BCUT2D eigenvalue weighted by Gasteiger charge is -2.32. The van der Waals surface area contributed by atoms with Crippen LogP contribution in [0.15, 0.2) is 83.3 Å². The molecule has 4 nitrogen and oxygen atoms in total. The lowest BCUT2D eigenvalue weighted by molar-refractivity contribution is -0.139. The molecule has 0 heterocycles. The number of benzene rings is 3. The first-order valence-corrected chi connectivity index (χ1v) is 14.3. The first kappa shape index (κ1) is 28.3. The van der Waals surface area contributed by atoms with Gasteiger partial charge in [-0.05, 0) is 40.8 Å². The number of hydrogen-bond acceptors (Lipinski definition) is 3. The van der Waals surface area contributed by atoms with Gasteiger partial charge in [-0.25, -0.2) is 0 Å². The third kappa shape index (κ3) is 8.99. The first-order chi connectivity index (χ1) is 17.3. The number of rotatable bonds is 12. The summed E-state index contributed by atoms with van der Waals surface area (Å²) < 4.78 is 1.02. The molecule has 0 bridgehead atoms. The average molecular weight is 588 g/mol. The Morgan fingerprint density at radius 3 is 2.28 bits per heavy atom. The number of halogens is 2. The van der Waals surface area contributed by atoms with Crippen molar-refractivity contribution in [3.63, 3.8) is 0 Å². The fourth-order valence-corrected chi connectivity index (χ4v) is 5.04. The Balaban J connectivity index is 1.84. The maximum atomic E-state index is 13.7. The zero-order valence-electron chi connectivity index (χ0n) is 20.6. The number of thioether (sulfide) groups is 1. The van der Waals surface area contributed by atoms with Crippen molar-refractivity contribution in [2.75, 3.05) is 12.3 Å². The molecule has 0 aliphatic heterocycles. The van der Waals surface area contributed by atoms with Gasteiger partial charge >= 0.3 is 0 Å². The van der Waals surface area contributed by atoms with Gasteiger partial charge in [-0.15, -0.1) is 11.8 Å². The van der Waals surface area contributed by atoms with Crippen LogP contribution >= 0.6 is 39.3 Å². The van der Waals surface area contributed by atoms with Gasteiger partial charge in [-0.2, -0.15) is 0 Å². The minimum atomic E-state index is -0.650. The normalized spacial score (nSPS) is 11.8. The maximum Gasteiger partial charge on any atom is 0.243 e. The number of carbonyl (C=O) groups excluding carboxylic acids is 2. The molecule has 0 radical (unpaired) electrons. The van der Waals surface area contributed by atoms with Crippen LogP contribution in [-0.2, 0) is 28.3 Å². The minimum absolute atomic E-state index is 0.0855. The molecule has 36 heavy (non-hydrogen) atoms. The summed E-state index contributed by atoms with van der Waals surface area (Å²) >= 11 is 11.5. The quantitative estimate of drug-likeness (QED) is 0.255. The van der Waals surface area contributed by atoms with Crippen molar-refractivity contribution in [2.24, 2.45) is 5.92 Å². The highest BCUT2D eigenvalue weighted by atomic mass is 79.9. The van der Waals surface area contributed by atoms with Gasteiger partial charge < -0.3 is 10.2 Å². The molecule has 3 rings (SSSR count). The van der Waals surface area contributed by atoms with Crippen molar-refractivity contribution < 1.29 is 9.59 Å². The molecule has 7 heteroatoms. The zero-order chi connectivity index (χ0) is 25.9. The van der Waals surface area contributed by atoms with Crippen molar-refractivity contribution >= 4 is 51.1 Å². The fourth-order valence-electron chi connectivity index (χ4n) is 3.71. The molecule has 1 atom stereocenters. The Bertz CT molecular complexity index is 1130. The van der Waals surface area contributed by atoms with E-state index in [-0.39, 0.29) is 24.1 Å². The molecule has 0 aromatic heterocycles. The van der Waals surface area contributed by atoms with E-state index in [4.69, 9.17) is 11.6 Å². The highest BCUT2D eigenvalue weighted by Gasteiger charge is 2.30. The first-order valence-electron chi connectivity index (χ1n) is 12.0. The fraction of sp³-hybridized carbons (Fsp3) is 0.310. The molecule has 1 unspecified atom stereocenters. The number of nitrogens with one attached hydrogen (secondary N) is 1. The van der Waals surface area contributed by atoms with E-state index in [1.165, 1.54) is 0 Å². The van der Waals surface area contributed by atoms with Crippen molar-refractivity contribution in [3.05, 3.63) is 105 Å². The van der Waals surface area contributed by atoms with Crippen LogP contribution in [0, 0.1) is 5.92 Å². The molecule has 190 valence electrons. The molecule has 0 saturated carbocycles. The van der Waals surface area contributed by atoms with Crippen LogP contribution in [0.1, 0.15) is 30.5 Å². The monoisotopic (exact) mass is 586 g/mol.